The van der Waals surface area contributed by atoms with Crippen molar-refractivity contribution < 1.29 is 8.42 Å². The van der Waals surface area contributed by atoms with Gasteiger partial charge in [0.1, 0.15) is 0 Å². The summed E-state index contributed by atoms with van der Waals surface area (Å²) in [6.45, 7) is 0. The average Bonchev–Trinajstić information content (AvgIpc) is 2.93. The van der Waals surface area contributed by atoms with Crippen LogP contribution in [0.5, 0.6) is 0 Å². The highest BCUT2D eigenvalue weighted by molar-refractivity contribution is 7.92. The van der Waals surface area contributed by atoms with Gasteiger partial charge in [0.15, 0.2) is 0 Å². The van der Waals surface area contributed by atoms with E-state index in [-0.39, 0.29) is 10.6 Å². The van der Waals surface area contributed by atoms with Gasteiger partial charge in [-0.2, -0.15) is 0 Å². The summed E-state index contributed by atoms with van der Waals surface area (Å²) >= 11 is 0. The first-order valence-corrected chi connectivity index (χ1v) is 10.2. The van der Waals surface area contributed by atoms with Crippen LogP contribution >= 0.6 is 0 Å². The third-order valence-corrected chi connectivity index (χ3v) is 6.17. The molecule has 1 aromatic heterocycles. The van der Waals surface area contributed by atoms with Gasteiger partial charge in [0, 0.05) is 19.7 Å². The normalized spacial score (nSPS) is 11.6. The van der Waals surface area contributed by atoms with E-state index in [1.807, 2.05) is 42.5 Å². The molecule has 0 aliphatic rings. The van der Waals surface area contributed by atoms with Gasteiger partial charge in [0.25, 0.3) is 10.0 Å². The van der Waals surface area contributed by atoms with Crippen LogP contribution in [-0.4, -0.2) is 17.6 Å². The molecule has 0 saturated heterocycles. The van der Waals surface area contributed by atoms with Gasteiger partial charge >= 0.3 is 5.69 Å². The van der Waals surface area contributed by atoms with E-state index in [1.165, 1.54) is 21.3 Å². The Labute approximate surface area is 162 Å². The van der Waals surface area contributed by atoms with Crippen LogP contribution in [0.4, 0.5) is 5.69 Å². The molecule has 0 atom stereocenters. The van der Waals surface area contributed by atoms with Crippen molar-refractivity contribution in [3.05, 3.63) is 83.3 Å². The molecule has 1 N–H and O–H groups in total. The maximum atomic E-state index is 13.0. The molecule has 0 aliphatic carbocycles. The number of sulfonamides is 1. The number of fused-ring (bicyclic) bond motifs is 1. The first kappa shape index (κ1) is 18.1. The lowest BCUT2D eigenvalue weighted by molar-refractivity contribution is 0.601. The number of benzene rings is 3. The molecule has 1 heterocycles. The molecule has 0 bridgehead atoms. The number of imidazole rings is 1. The first-order valence-electron chi connectivity index (χ1n) is 8.71. The maximum absolute atomic E-state index is 13.0. The summed E-state index contributed by atoms with van der Waals surface area (Å²) < 4.78 is 31.7. The van der Waals surface area contributed by atoms with Crippen LogP contribution < -0.4 is 10.4 Å². The molecule has 7 heteroatoms. The van der Waals surface area contributed by atoms with E-state index in [2.05, 4.69) is 4.72 Å². The Morgan fingerprint density at radius 1 is 0.786 bits per heavy atom. The zero-order valence-electron chi connectivity index (χ0n) is 15.5. The Hall–Kier alpha value is -3.32. The molecule has 4 aromatic rings. The second-order valence-electron chi connectivity index (χ2n) is 6.57. The summed E-state index contributed by atoms with van der Waals surface area (Å²) in [5, 5.41) is 0. The largest absolute Gasteiger partial charge is 0.328 e. The summed E-state index contributed by atoms with van der Waals surface area (Å²) in [5.41, 5.74) is 3.24. The Morgan fingerprint density at radius 3 is 2.18 bits per heavy atom. The topological polar surface area (TPSA) is 73.1 Å². The Balaban J connectivity index is 1.78. The summed E-state index contributed by atoms with van der Waals surface area (Å²) in [4.78, 5) is 12.2. The molecule has 0 radical (unpaired) electrons. The predicted octanol–water partition coefficient (Wildman–Crippen LogP) is 3.34. The molecule has 28 heavy (non-hydrogen) atoms. The van der Waals surface area contributed by atoms with Crippen molar-refractivity contribution in [2.45, 2.75) is 4.90 Å². The highest BCUT2D eigenvalue weighted by atomic mass is 32.2. The number of aromatic nitrogens is 2. The number of nitrogens with zero attached hydrogens (tertiary/aromatic N) is 2. The molecule has 0 unspecified atom stereocenters. The van der Waals surface area contributed by atoms with Crippen LogP contribution in [0.1, 0.15) is 0 Å². The van der Waals surface area contributed by atoms with Gasteiger partial charge in [-0.3, -0.25) is 13.9 Å². The summed E-state index contributed by atoms with van der Waals surface area (Å²) in [7, 11) is -0.546. The van der Waals surface area contributed by atoms with Crippen molar-refractivity contribution in [1.29, 1.82) is 0 Å². The monoisotopic (exact) mass is 393 g/mol. The van der Waals surface area contributed by atoms with Gasteiger partial charge in [-0.15, -0.1) is 0 Å². The van der Waals surface area contributed by atoms with E-state index in [0.29, 0.717) is 16.7 Å². The van der Waals surface area contributed by atoms with Gasteiger partial charge < -0.3 is 0 Å². The summed E-state index contributed by atoms with van der Waals surface area (Å²) in [6, 6.07) is 21.5. The third-order valence-electron chi connectivity index (χ3n) is 4.81. The van der Waals surface area contributed by atoms with E-state index in [1.54, 1.807) is 32.3 Å². The number of hydrogen-bond donors (Lipinski definition) is 1. The van der Waals surface area contributed by atoms with Crippen molar-refractivity contribution in [2.24, 2.45) is 14.1 Å². The van der Waals surface area contributed by atoms with Crippen molar-refractivity contribution in [3.8, 4) is 11.1 Å². The third kappa shape index (κ3) is 2.99. The second-order valence-corrected chi connectivity index (χ2v) is 8.25. The van der Waals surface area contributed by atoms with E-state index in [9.17, 15) is 13.2 Å². The van der Waals surface area contributed by atoms with Crippen LogP contribution in [0.2, 0.25) is 0 Å². The highest BCUT2D eigenvalue weighted by Crippen LogP contribution is 2.29. The van der Waals surface area contributed by atoms with Gasteiger partial charge in [0.2, 0.25) is 0 Å². The fourth-order valence-electron chi connectivity index (χ4n) is 3.30. The first-order chi connectivity index (χ1) is 13.4. The van der Waals surface area contributed by atoms with Gasteiger partial charge in [0.05, 0.1) is 21.6 Å². The Morgan fingerprint density at radius 2 is 1.43 bits per heavy atom. The van der Waals surface area contributed by atoms with Gasteiger partial charge in [-0.25, -0.2) is 13.2 Å². The molecule has 0 aliphatic heterocycles. The van der Waals surface area contributed by atoms with E-state index < -0.39 is 10.0 Å². The lowest BCUT2D eigenvalue weighted by Gasteiger charge is -2.13. The standard InChI is InChI=1S/C21H19N3O3S/c1-23-19-13-12-16(14-20(19)24(2)21(23)25)28(26,27)22-18-11-7-6-10-17(18)15-8-4-3-5-9-15/h3-14,22H,1-2H3. The molecule has 0 amide bonds. The molecule has 0 spiro atoms. The molecule has 4 rings (SSSR count). The summed E-state index contributed by atoms with van der Waals surface area (Å²) in [5.74, 6) is 0. The fourth-order valence-corrected chi connectivity index (χ4v) is 4.40. The SMILES string of the molecule is Cn1c(=O)n(C)c2cc(S(=O)(=O)Nc3ccccc3-c3ccccc3)ccc21. The Kier molecular flexibility index (Phi) is 4.31. The molecule has 3 aromatic carbocycles. The van der Waals surface area contributed by atoms with Crippen LogP contribution in [0.25, 0.3) is 22.2 Å². The van der Waals surface area contributed by atoms with Crippen LogP contribution in [0.15, 0.2) is 82.5 Å². The van der Waals surface area contributed by atoms with Crippen molar-refractivity contribution in [3.63, 3.8) is 0 Å². The average molecular weight is 393 g/mol. The number of nitrogens with one attached hydrogen (secondary N) is 1. The molecule has 0 saturated carbocycles. The molecular weight excluding hydrogens is 374 g/mol. The van der Waals surface area contributed by atoms with E-state index >= 15 is 0 Å². The van der Waals surface area contributed by atoms with Gasteiger partial charge in [-0.05, 0) is 29.8 Å². The zero-order valence-corrected chi connectivity index (χ0v) is 16.3. The minimum absolute atomic E-state index is 0.101. The van der Waals surface area contributed by atoms with E-state index in [4.69, 9.17) is 0 Å². The van der Waals surface area contributed by atoms with E-state index in [0.717, 1.165) is 11.1 Å². The number of hydrogen-bond acceptors (Lipinski definition) is 3. The van der Waals surface area contributed by atoms with Crippen molar-refractivity contribution in [1.82, 2.24) is 9.13 Å². The molecular formula is C21H19N3O3S. The number of anilines is 1. The number of aryl methyl sites for hydroxylation is 2. The predicted molar refractivity (Wildman–Crippen MR) is 111 cm³/mol. The number of para-hydroxylation sites is 1. The Bertz CT molecular complexity index is 1340. The van der Waals surface area contributed by atoms with Crippen LogP contribution in [0, 0.1) is 0 Å². The van der Waals surface area contributed by atoms with Crippen LogP contribution in [-0.2, 0) is 24.1 Å². The lowest BCUT2D eigenvalue weighted by Crippen LogP contribution is -2.19. The maximum Gasteiger partial charge on any atom is 0.328 e. The van der Waals surface area contributed by atoms with Gasteiger partial charge in [-0.1, -0.05) is 48.5 Å². The quantitative estimate of drug-likeness (QED) is 0.578. The highest BCUT2D eigenvalue weighted by Gasteiger charge is 2.19. The zero-order chi connectivity index (χ0) is 19.9. The lowest BCUT2D eigenvalue weighted by atomic mass is 10.0. The van der Waals surface area contributed by atoms with Crippen LogP contribution in [0.3, 0.4) is 0 Å². The van der Waals surface area contributed by atoms with Crippen molar-refractivity contribution in [2.75, 3.05) is 4.72 Å². The second kappa shape index (κ2) is 6.69. The molecule has 6 nitrogen and oxygen atoms in total. The molecule has 0 fully saturated rings. The fraction of sp³-hybridized carbons (Fsp3) is 0.0952. The smallest absolute Gasteiger partial charge is 0.295 e. The number of rotatable bonds is 4. The van der Waals surface area contributed by atoms with Crippen molar-refractivity contribution >= 4 is 26.7 Å². The minimum atomic E-state index is -3.83. The summed E-state index contributed by atoms with van der Waals surface area (Å²) in [6.07, 6.45) is 0. The molecule has 142 valence electrons. The minimum Gasteiger partial charge on any atom is -0.295 e.